The Labute approximate surface area is 94.5 Å². The number of hydrogen-bond donors (Lipinski definition) is 1. The molecule has 3 rings (SSSR count). The molecule has 0 radical (unpaired) electrons. The van der Waals surface area contributed by atoms with Crippen molar-refractivity contribution in [2.45, 2.75) is 18.6 Å². The van der Waals surface area contributed by atoms with E-state index in [2.05, 4.69) is 5.32 Å². The average molecular weight is 221 g/mol. The molecule has 0 unspecified atom stereocenters. The maximum atomic E-state index is 5.97. The number of ether oxygens (including phenoxy) is 3. The topological polar surface area (TPSA) is 39.7 Å². The quantitative estimate of drug-likeness (QED) is 0.781. The summed E-state index contributed by atoms with van der Waals surface area (Å²) in [5.41, 5.74) is 0. The summed E-state index contributed by atoms with van der Waals surface area (Å²) < 4.78 is 17.2. The van der Waals surface area contributed by atoms with Gasteiger partial charge in [-0.25, -0.2) is 0 Å². The van der Waals surface area contributed by atoms with E-state index in [9.17, 15) is 0 Å². The summed E-state index contributed by atoms with van der Waals surface area (Å²) in [7, 11) is 1.65. The summed E-state index contributed by atoms with van der Waals surface area (Å²) in [6.07, 6.45) is 1.73. The van der Waals surface area contributed by atoms with E-state index >= 15 is 0 Å². The Hall–Kier alpha value is -1.42. The molecule has 2 aliphatic heterocycles. The summed E-state index contributed by atoms with van der Waals surface area (Å²) in [6.45, 7) is 1.85. The fraction of sp³-hybridized carbons (Fsp3) is 0.500. The predicted octanol–water partition coefficient (Wildman–Crippen LogP) is 1.55. The van der Waals surface area contributed by atoms with Gasteiger partial charge in [0.1, 0.15) is 0 Å². The molecule has 0 aliphatic carbocycles. The van der Waals surface area contributed by atoms with Crippen molar-refractivity contribution in [2.24, 2.45) is 0 Å². The first-order valence-corrected chi connectivity index (χ1v) is 5.59. The molecule has 1 saturated heterocycles. The Kier molecular flexibility index (Phi) is 2.17. The molecule has 1 N–H and O–H groups in total. The van der Waals surface area contributed by atoms with Crippen molar-refractivity contribution in [3.8, 4) is 17.2 Å². The van der Waals surface area contributed by atoms with E-state index in [0.717, 1.165) is 43.2 Å². The first kappa shape index (κ1) is 9.78. The van der Waals surface area contributed by atoms with Gasteiger partial charge < -0.3 is 19.5 Å². The van der Waals surface area contributed by atoms with Gasteiger partial charge in [-0.2, -0.15) is 0 Å². The van der Waals surface area contributed by atoms with Crippen molar-refractivity contribution in [1.29, 1.82) is 0 Å². The van der Waals surface area contributed by atoms with E-state index in [1.165, 1.54) is 0 Å². The van der Waals surface area contributed by atoms with Crippen molar-refractivity contribution in [1.82, 2.24) is 5.32 Å². The number of piperidine rings is 1. The van der Waals surface area contributed by atoms with E-state index in [1.807, 2.05) is 18.2 Å². The van der Waals surface area contributed by atoms with Gasteiger partial charge in [-0.05, 0) is 12.1 Å². The molecular formula is C12H15NO3. The van der Waals surface area contributed by atoms with Gasteiger partial charge in [-0.3, -0.25) is 0 Å². The van der Waals surface area contributed by atoms with Crippen LogP contribution in [0.3, 0.4) is 0 Å². The second kappa shape index (κ2) is 3.56. The highest BCUT2D eigenvalue weighted by molar-refractivity contribution is 5.53. The molecule has 16 heavy (non-hydrogen) atoms. The van der Waals surface area contributed by atoms with Crippen molar-refractivity contribution in [2.75, 3.05) is 20.2 Å². The third-order valence-electron chi connectivity index (χ3n) is 3.11. The van der Waals surface area contributed by atoms with Gasteiger partial charge in [0.15, 0.2) is 11.5 Å². The zero-order valence-electron chi connectivity index (χ0n) is 9.29. The van der Waals surface area contributed by atoms with Crippen LogP contribution in [0.15, 0.2) is 18.2 Å². The fourth-order valence-electron chi connectivity index (χ4n) is 2.26. The number of benzene rings is 1. The molecule has 0 bridgehead atoms. The number of fused-ring (bicyclic) bond motifs is 1. The third kappa shape index (κ3) is 1.41. The SMILES string of the molecule is COc1cccc2c1OC1(CCNCC1)O2. The third-order valence-corrected chi connectivity index (χ3v) is 3.11. The van der Waals surface area contributed by atoms with Crippen LogP contribution in [-0.4, -0.2) is 26.0 Å². The van der Waals surface area contributed by atoms with Crippen LogP contribution in [0, 0.1) is 0 Å². The highest BCUT2D eigenvalue weighted by Gasteiger charge is 2.43. The molecule has 1 aromatic rings. The Balaban J connectivity index is 1.93. The first-order valence-electron chi connectivity index (χ1n) is 5.59. The molecule has 0 aromatic heterocycles. The Morgan fingerprint density at radius 2 is 2.06 bits per heavy atom. The minimum Gasteiger partial charge on any atom is -0.493 e. The number of nitrogens with one attached hydrogen (secondary N) is 1. The van der Waals surface area contributed by atoms with Crippen LogP contribution in [0.1, 0.15) is 12.8 Å². The Morgan fingerprint density at radius 3 is 2.81 bits per heavy atom. The number of para-hydroxylation sites is 1. The summed E-state index contributed by atoms with van der Waals surface area (Å²) in [5, 5.41) is 3.30. The van der Waals surface area contributed by atoms with Gasteiger partial charge in [-0.15, -0.1) is 0 Å². The molecule has 4 nitrogen and oxygen atoms in total. The molecular weight excluding hydrogens is 206 g/mol. The smallest absolute Gasteiger partial charge is 0.254 e. The highest BCUT2D eigenvalue weighted by Crippen LogP contribution is 2.48. The minimum absolute atomic E-state index is 0.470. The first-order chi connectivity index (χ1) is 7.83. The second-order valence-electron chi connectivity index (χ2n) is 4.15. The molecule has 0 atom stereocenters. The lowest BCUT2D eigenvalue weighted by Crippen LogP contribution is -2.48. The zero-order valence-corrected chi connectivity index (χ0v) is 9.29. The van der Waals surface area contributed by atoms with Crippen molar-refractivity contribution < 1.29 is 14.2 Å². The second-order valence-corrected chi connectivity index (χ2v) is 4.15. The standard InChI is InChI=1S/C12H15NO3/c1-14-9-3-2-4-10-11(9)16-12(15-10)5-7-13-8-6-12/h2-4,13H,5-8H2,1H3. The molecule has 86 valence electrons. The number of methoxy groups -OCH3 is 1. The van der Waals surface area contributed by atoms with Crippen LogP contribution in [0.4, 0.5) is 0 Å². The van der Waals surface area contributed by atoms with E-state index in [0.29, 0.717) is 0 Å². The highest BCUT2D eigenvalue weighted by atomic mass is 16.7. The molecule has 0 amide bonds. The van der Waals surface area contributed by atoms with Gasteiger partial charge in [-0.1, -0.05) is 6.07 Å². The van der Waals surface area contributed by atoms with Gasteiger partial charge in [0.2, 0.25) is 5.75 Å². The average Bonchev–Trinajstić information content (AvgIpc) is 2.67. The summed E-state index contributed by atoms with van der Waals surface area (Å²) in [6, 6.07) is 5.73. The Bertz CT molecular complexity index is 399. The molecule has 2 heterocycles. The largest absolute Gasteiger partial charge is 0.493 e. The summed E-state index contributed by atoms with van der Waals surface area (Å²) >= 11 is 0. The summed E-state index contributed by atoms with van der Waals surface area (Å²) in [5.74, 6) is 1.81. The van der Waals surface area contributed by atoms with Gasteiger partial charge in [0.25, 0.3) is 5.79 Å². The van der Waals surface area contributed by atoms with E-state index in [4.69, 9.17) is 14.2 Å². The summed E-state index contributed by atoms with van der Waals surface area (Å²) in [4.78, 5) is 0. The van der Waals surface area contributed by atoms with Crippen molar-refractivity contribution in [3.05, 3.63) is 18.2 Å². The van der Waals surface area contributed by atoms with E-state index < -0.39 is 5.79 Å². The molecule has 2 aliphatic rings. The maximum Gasteiger partial charge on any atom is 0.254 e. The number of hydrogen-bond acceptors (Lipinski definition) is 4. The van der Waals surface area contributed by atoms with Crippen LogP contribution in [0.25, 0.3) is 0 Å². The van der Waals surface area contributed by atoms with Crippen LogP contribution in [0.2, 0.25) is 0 Å². The van der Waals surface area contributed by atoms with Crippen LogP contribution in [-0.2, 0) is 0 Å². The lowest BCUT2D eigenvalue weighted by atomic mass is 10.1. The maximum absolute atomic E-state index is 5.97. The molecule has 4 heteroatoms. The van der Waals surface area contributed by atoms with Crippen LogP contribution < -0.4 is 19.5 Å². The molecule has 0 saturated carbocycles. The van der Waals surface area contributed by atoms with E-state index in [-0.39, 0.29) is 0 Å². The van der Waals surface area contributed by atoms with Crippen LogP contribution >= 0.6 is 0 Å². The molecule has 1 spiro atoms. The lowest BCUT2D eigenvalue weighted by Gasteiger charge is -2.31. The fourth-order valence-corrected chi connectivity index (χ4v) is 2.26. The number of rotatable bonds is 1. The van der Waals surface area contributed by atoms with Crippen LogP contribution in [0.5, 0.6) is 17.2 Å². The normalized spacial score (nSPS) is 21.1. The van der Waals surface area contributed by atoms with Gasteiger partial charge in [0, 0.05) is 25.9 Å². The van der Waals surface area contributed by atoms with Gasteiger partial charge >= 0.3 is 0 Å². The molecule has 1 fully saturated rings. The molecule has 1 aromatic carbocycles. The monoisotopic (exact) mass is 221 g/mol. The minimum atomic E-state index is -0.470. The van der Waals surface area contributed by atoms with Crippen molar-refractivity contribution in [3.63, 3.8) is 0 Å². The van der Waals surface area contributed by atoms with E-state index in [1.54, 1.807) is 7.11 Å². The zero-order chi connectivity index (χ0) is 11.0. The predicted molar refractivity (Wildman–Crippen MR) is 59.1 cm³/mol. The van der Waals surface area contributed by atoms with Gasteiger partial charge in [0.05, 0.1) is 7.11 Å². The Morgan fingerprint density at radius 1 is 1.25 bits per heavy atom. The lowest BCUT2D eigenvalue weighted by molar-refractivity contribution is -0.100. The van der Waals surface area contributed by atoms with Crippen molar-refractivity contribution >= 4 is 0 Å².